The van der Waals surface area contributed by atoms with Gasteiger partial charge in [-0.25, -0.2) is 8.42 Å². The standard InChI is InChI=1S/C21H25N3O6S/c1-15-4-8-19(9-5-15)30-17(3)21(25)22-10-12-23(13-11-22)31(28,29)20-14-18(24(26)27)7-6-16(20)2/h4-9,14,17H,10-13H2,1-3H3. The van der Waals surface area contributed by atoms with Crippen molar-refractivity contribution in [1.82, 2.24) is 9.21 Å². The summed E-state index contributed by atoms with van der Waals surface area (Å²) < 4.78 is 33.0. The first-order valence-electron chi connectivity index (χ1n) is 9.87. The van der Waals surface area contributed by atoms with Gasteiger partial charge in [-0.15, -0.1) is 0 Å². The van der Waals surface area contributed by atoms with Crippen molar-refractivity contribution in [3.8, 4) is 5.75 Å². The van der Waals surface area contributed by atoms with Gasteiger partial charge in [0.05, 0.1) is 9.82 Å². The maximum atomic E-state index is 13.0. The lowest BCUT2D eigenvalue weighted by atomic mass is 10.2. The predicted octanol–water partition coefficient (Wildman–Crippen LogP) is 2.51. The lowest BCUT2D eigenvalue weighted by Gasteiger charge is -2.35. The highest BCUT2D eigenvalue weighted by molar-refractivity contribution is 7.89. The number of carbonyl (C=O) groups is 1. The van der Waals surface area contributed by atoms with Crippen LogP contribution < -0.4 is 4.74 Å². The molecule has 1 aliphatic heterocycles. The number of non-ortho nitro benzene ring substituents is 1. The van der Waals surface area contributed by atoms with Crippen molar-refractivity contribution in [2.45, 2.75) is 31.8 Å². The monoisotopic (exact) mass is 447 g/mol. The number of aryl methyl sites for hydroxylation is 2. The summed E-state index contributed by atoms with van der Waals surface area (Å²) in [5.41, 5.74) is 1.24. The highest BCUT2D eigenvalue weighted by Crippen LogP contribution is 2.26. The maximum Gasteiger partial charge on any atom is 0.270 e. The van der Waals surface area contributed by atoms with Crippen molar-refractivity contribution in [3.63, 3.8) is 0 Å². The Kier molecular flexibility index (Phi) is 6.61. The third-order valence-corrected chi connectivity index (χ3v) is 7.27. The van der Waals surface area contributed by atoms with Gasteiger partial charge >= 0.3 is 0 Å². The quantitative estimate of drug-likeness (QED) is 0.497. The van der Waals surface area contributed by atoms with Crippen LogP contribution >= 0.6 is 0 Å². The molecule has 1 fully saturated rings. The van der Waals surface area contributed by atoms with E-state index in [0.717, 1.165) is 11.6 Å². The van der Waals surface area contributed by atoms with Gasteiger partial charge in [0.25, 0.3) is 11.6 Å². The van der Waals surface area contributed by atoms with Crippen LogP contribution in [-0.2, 0) is 14.8 Å². The van der Waals surface area contributed by atoms with Crippen LogP contribution in [0, 0.1) is 24.0 Å². The van der Waals surface area contributed by atoms with Gasteiger partial charge in [0, 0.05) is 38.3 Å². The highest BCUT2D eigenvalue weighted by atomic mass is 32.2. The van der Waals surface area contributed by atoms with Gasteiger partial charge in [-0.2, -0.15) is 4.31 Å². The van der Waals surface area contributed by atoms with Crippen LogP contribution in [0.5, 0.6) is 5.75 Å². The number of hydrogen-bond donors (Lipinski definition) is 0. The van der Waals surface area contributed by atoms with Crippen LogP contribution in [0.1, 0.15) is 18.1 Å². The Bertz CT molecular complexity index is 1080. The summed E-state index contributed by atoms with van der Waals surface area (Å²) in [6, 6.07) is 11.2. The number of carbonyl (C=O) groups excluding carboxylic acids is 1. The number of nitrogens with zero attached hydrogens (tertiary/aromatic N) is 3. The normalized spacial score (nSPS) is 16.0. The van der Waals surface area contributed by atoms with E-state index in [0.29, 0.717) is 11.3 Å². The molecule has 1 aliphatic rings. The predicted molar refractivity (Wildman–Crippen MR) is 114 cm³/mol. The minimum absolute atomic E-state index is 0.0856. The number of nitro groups is 1. The summed E-state index contributed by atoms with van der Waals surface area (Å²) in [6.45, 7) is 5.86. The van der Waals surface area contributed by atoms with E-state index >= 15 is 0 Å². The second kappa shape index (κ2) is 9.03. The van der Waals surface area contributed by atoms with Crippen LogP contribution in [-0.4, -0.2) is 60.7 Å². The Hall–Kier alpha value is -2.98. The van der Waals surface area contributed by atoms with Crippen molar-refractivity contribution in [2.24, 2.45) is 0 Å². The van der Waals surface area contributed by atoms with Gasteiger partial charge < -0.3 is 9.64 Å². The molecule has 10 heteroatoms. The largest absolute Gasteiger partial charge is 0.481 e. The van der Waals surface area contributed by atoms with Gasteiger partial charge in [-0.1, -0.05) is 23.8 Å². The Morgan fingerprint density at radius 3 is 2.26 bits per heavy atom. The second-order valence-electron chi connectivity index (χ2n) is 7.51. The Morgan fingerprint density at radius 2 is 1.68 bits per heavy atom. The van der Waals surface area contributed by atoms with E-state index in [4.69, 9.17) is 4.74 Å². The number of hydrogen-bond acceptors (Lipinski definition) is 6. The molecule has 1 amide bonds. The first-order chi connectivity index (χ1) is 14.6. The average molecular weight is 448 g/mol. The summed E-state index contributed by atoms with van der Waals surface area (Å²) in [7, 11) is -3.91. The number of benzene rings is 2. The number of piperazine rings is 1. The molecule has 31 heavy (non-hydrogen) atoms. The smallest absolute Gasteiger partial charge is 0.270 e. The lowest BCUT2D eigenvalue weighted by Crippen LogP contribution is -2.53. The summed E-state index contributed by atoms with van der Waals surface area (Å²) >= 11 is 0. The van der Waals surface area contributed by atoms with Crippen molar-refractivity contribution < 1.29 is 22.9 Å². The van der Waals surface area contributed by atoms with Gasteiger partial charge in [-0.05, 0) is 38.5 Å². The molecule has 0 bridgehead atoms. The molecule has 0 N–H and O–H groups in total. The molecule has 0 saturated carbocycles. The van der Waals surface area contributed by atoms with E-state index in [2.05, 4.69) is 0 Å². The van der Waals surface area contributed by atoms with Crippen molar-refractivity contribution >= 4 is 21.6 Å². The third-order valence-electron chi connectivity index (χ3n) is 5.23. The minimum Gasteiger partial charge on any atom is -0.481 e. The van der Waals surface area contributed by atoms with Gasteiger partial charge in [0.2, 0.25) is 10.0 Å². The van der Waals surface area contributed by atoms with E-state index in [1.165, 1.54) is 16.4 Å². The zero-order valence-corrected chi connectivity index (χ0v) is 18.5. The molecule has 0 aliphatic carbocycles. The molecule has 3 rings (SSSR count). The van der Waals surface area contributed by atoms with Crippen molar-refractivity contribution in [3.05, 3.63) is 63.7 Å². The summed E-state index contributed by atoms with van der Waals surface area (Å²) in [4.78, 5) is 24.6. The Morgan fingerprint density at radius 1 is 1.06 bits per heavy atom. The van der Waals surface area contributed by atoms with E-state index < -0.39 is 21.1 Å². The molecule has 0 aromatic heterocycles. The molecule has 1 heterocycles. The number of ether oxygens (including phenoxy) is 1. The van der Waals surface area contributed by atoms with Crippen molar-refractivity contribution in [2.75, 3.05) is 26.2 Å². The maximum absolute atomic E-state index is 13.0. The van der Waals surface area contributed by atoms with Gasteiger partial charge in [0.15, 0.2) is 6.10 Å². The number of amides is 1. The molecule has 0 spiro atoms. The fourth-order valence-electron chi connectivity index (χ4n) is 3.40. The molecule has 166 valence electrons. The van der Waals surface area contributed by atoms with E-state index in [9.17, 15) is 23.3 Å². The van der Waals surface area contributed by atoms with E-state index in [1.54, 1.807) is 30.9 Å². The molecular weight excluding hydrogens is 422 g/mol. The Balaban J connectivity index is 1.65. The topological polar surface area (TPSA) is 110 Å². The summed E-state index contributed by atoms with van der Waals surface area (Å²) in [6.07, 6.45) is -0.704. The molecule has 9 nitrogen and oxygen atoms in total. The molecule has 0 radical (unpaired) electrons. The van der Waals surface area contributed by atoms with E-state index in [1.807, 2.05) is 19.1 Å². The molecule has 1 unspecified atom stereocenters. The summed E-state index contributed by atoms with van der Waals surface area (Å²) in [5.74, 6) is 0.373. The summed E-state index contributed by atoms with van der Waals surface area (Å²) in [5, 5.41) is 11.0. The fraction of sp³-hybridized carbons (Fsp3) is 0.381. The zero-order valence-electron chi connectivity index (χ0n) is 17.6. The van der Waals surface area contributed by atoms with Crippen LogP contribution in [0.4, 0.5) is 5.69 Å². The first kappa shape index (κ1) is 22.7. The molecule has 2 aromatic carbocycles. The average Bonchev–Trinajstić information content (AvgIpc) is 2.75. The number of sulfonamides is 1. The number of nitro benzene ring substituents is 1. The number of rotatable bonds is 6. The van der Waals surface area contributed by atoms with Gasteiger partial charge in [-0.3, -0.25) is 14.9 Å². The minimum atomic E-state index is -3.91. The van der Waals surface area contributed by atoms with Crippen LogP contribution in [0.15, 0.2) is 47.4 Å². The van der Waals surface area contributed by atoms with Crippen LogP contribution in [0.2, 0.25) is 0 Å². The van der Waals surface area contributed by atoms with Crippen LogP contribution in [0.25, 0.3) is 0 Å². The van der Waals surface area contributed by atoms with Crippen molar-refractivity contribution in [1.29, 1.82) is 0 Å². The van der Waals surface area contributed by atoms with Gasteiger partial charge in [0.1, 0.15) is 5.75 Å². The molecule has 2 aromatic rings. The molecule has 1 atom stereocenters. The SMILES string of the molecule is Cc1ccc(OC(C)C(=O)N2CCN(S(=O)(=O)c3cc([N+](=O)[O-])ccc3C)CC2)cc1. The highest BCUT2D eigenvalue weighted by Gasteiger charge is 2.33. The molecular formula is C21H25N3O6S. The van der Waals surface area contributed by atoms with E-state index in [-0.39, 0.29) is 42.7 Å². The Labute approximate surface area is 181 Å². The second-order valence-corrected chi connectivity index (χ2v) is 9.42. The first-order valence-corrected chi connectivity index (χ1v) is 11.3. The lowest BCUT2D eigenvalue weighted by molar-refractivity contribution is -0.385. The zero-order chi connectivity index (χ0) is 22.8. The molecule has 1 saturated heterocycles. The fourth-order valence-corrected chi connectivity index (χ4v) is 5.06. The third kappa shape index (κ3) is 5.02. The van der Waals surface area contributed by atoms with Crippen LogP contribution in [0.3, 0.4) is 0 Å².